The molecule has 3 aliphatic rings. The number of hydrogen-bond donors (Lipinski definition) is 1. The maximum absolute atomic E-state index is 13.2. The maximum atomic E-state index is 13.2. The van der Waals surface area contributed by atoms with Crippen LogP contribution in [0.2, 0.25) is 0 Å². The number of ether oxygens (including phenoxy) is 1. The minimum Gasteiger partial charge on any atom is -0.462 e. The van der Waals surface area contributed by atoms with E-state index < -0.39 is 11.5 Å². The van der Waals surface area contributed by atoms with Crippen LogP contribution < -0.4 is 0 Å². The summed E-state index contributed by atoms with van der Waals surface area (Å²) in [6.07, 6.45) is 5.68. The number of aliphatic hydroxyl groups is 1. The average Bonchev–Trinajstić information content (AvgIpc) is 2.82. The van der Waals surface area contributed by atoms with Crippen molar-refractivity contribution in [3.05, 3.63) is 23.8 Å². The number of allylic oxidation sites excluding steroid dienone is 1. The van der Waals surface area contributed by atoms with Gasteiger partial charge in [-0.25, -0.2) is 0 Å². The van der Waals surface area contributed by atoms with Crippen molar-refractivity contribution in [2.45, 2.75) is 78.4 Å². The van der Waals surface area contributed by atoms with Crippen molar-refractivity contribution in [3.8, 4) is 0 Å². The fourth-order valence-corrected chi connectivity index (χ4v) is 5.66. The molecule has 0 aromatic carbocycles. The average molecular weight is 360 g/mol. The van der Waals surface area contributed by atoms with Gasteiger partial charge in [0, 0.05) is 24.2 Å². The van der Waals surface area contributed by atoms with Crippen LogP contribution in [0.5, 0.6) is 0 Å². The van der Waals surface area contributed by atoms with Crippen molar-refractivity contribution in [1.82, 2.24) is 0 Å². The number of fused-ring (bicyclic) bond motifs is 3. The molecule has 2 bridgehead atoms. The molecule has 4 heteroatoms. The topological polar surface area (TPSA) is 63.6 Å². The van der Waals surface area contributed by atoms with Gasteiger partial charge in [-0.3, -0.25) is 9.59 Å². The fraction of sp³-hybridized carbons (Fsp3) is 0.727. The highest BCUT2D eigenvalue weighted by atomic mass is 16.5. The smallest absolute Gasteiger partial charge is 0.302 e. The molecule has 4 nitrogen and oxygen atoms in total. The first-order valence-corrected chi connectivity index (χ1v) is 9.83. The lowest BCUT2D eigenvalue weighted by molar-refractivity contribution is -0.170. The highest BCUT2D eigenvalue weighted by Crippen LogP contribution is 2.56. The summed E-state index contributed by atoms with van der Waals surface area (Å²) in [7, 11) is 0. The van der Waals surface area contributed by atoms with E-state index in [-0.39, 0.29) is 29.3 Å². The standard InChI is InChI=1S/C22H32O4/c1-13-15-7-9-18(24)22(5)11-10-19(26-14(2)23)21(3,4)17(22)8-6-16(12-15)20(13)25/h6,15,17,19-20,25H,1,7-12H2,2-5H3/b16-6+/t15-,17-,19+,20+,22-/m1/s1. The van der Waals surface area contributed by atoms with Crippen molar-refractivity contribution < 1.29 is 19.4 Å². The van der Waals surface area contributed by atoms with Gasteiger partial charge in [0.1, 0.15) is 11.9 Å². The van der Waals surface area contributed by atoms with Crippen molar-refractivity contribution in [1.29, 1.82) is 0 Å². The summed E-state index contributed by atoms with van der Waals surface area (Å²) in [6.45, 7) is 11.9. The molecule has 0 amide bonds. The SMILES string of the molecule is C=C1[C@@H]2CCC(=O)[C@]3(C)CC[C@H](OC(C)=O)C(C)(C)[C@H]3C/C=C(\C2)[C@H]1O. The van der Waals surface area contributed by atoms with E-state index in [2.05, 4.69) is 33.4 Å². The summed E-state index contributed by atoms with van der Waals surface area (Å²) in [5.74, 6) is 0.334. The Hall–Kier alpha value is -1.42. The third kappa shape index (κ3) is 3.06. The normalized spacial score (nSPS) is 41.8. The molecule has 0 aliphatic heterocycles. The lowest BCUT2D eigenvalue weighted by Gasteiger charge is -2.53. The molecule has 5 atom stereocenters. The second-order valence-electron chi connectivity index (χ2n) is 9.28. The van der Waals surface area contributed by atoms with Crippen molar-refractivity contribution in [2.75, 3.05) is 0 Å². The van der Waals surface area contributed by atoms with Crippen molar-refractivity contribution >= 4 is 11.8 Å². The van der Waals surface area contributed by atoms with Crippen molar-refractivity contribution in [2.24, 2.45) is 22.7 Å². The van der Waals surface area contributed by atoms with Crippen LogP contribution in [0.25, 0.3) is 0 Å². The van der Waals surface area contributed by atoms with E-state index in [1.807, 2.05) is 0 Å². The van der Waals surface area contributed by atoms with E-state index >= 15 is 0 Å². The third-order valence-electron chi connectivity index (χ3n) is 7.41. The molecule has 1 N–H and O–H groups in total. The number of carbonyl (C=O) groups excluding carboxylic acids is 2. The van der Waals surface area contributed by atoms with Gasteiger partial charge in [-0.05, 0) is 55.1 Å². The number of rotatable bonds is 1. The Morgan fingerprint density at radius 3 is 2.65 bits per heavy atom. The minimum atomic E-state index is -0.574. The van der Waals surface area contributed by atoms with E-state index in [0.717, 1.165) is 43.3 Å². The Morgan fingerprint density at radius 1 is 1.31 bits per heavy atom. The quantitative estimate of drug-likeness (QED) is 0.567. The Balaban J connectivity index is 1.99. The third-order valence-corrected chi connectivity index (χ3v) is 7.41. The molecule has 0 radical (unpaired) electrons. The van der Waals surface area contributed by atoms with Gasteiger partial charge in [0.05, 0.1) is 6.10 Å². The molecular weight excluding hydrogens is 328 g/mol. The molecule has 2 fully saturated rings. The second-order valence-corrected chi connectivity index (χ2v) is 9.28. The Labute approximate surface area is 156 Å². The molecule has 3 rings (SSSR count). The van der Waals surface area contributed by atoms with Gasteiger partial charge in [-0.15, -0.1) is 0 Å². The lowest BCUT2D eigenvalue weighted by atomic mass is 9.52. The van der Waals surface area contributed by atoms with E-state index in [1.54, 1.807) is 0 Å². The predicted octanol–water partition coefficient (Wildman–Crippen LogP) is 3.98. The molecule has 144 valence electrons. The van der Waals surface area contributed by atoms with Gasteiger partial charge in [0.2, 0.25) is 0 Å². The second kappa shape index (κ2) is 6.63. The Bertz CT molecular complexity index is 659. The van der Waals surface area contributed by atoms with E-state index in [9.17, 15) is 14.7 Å². The first kappa shape index (κ1) is 19.3. The van der Waals surface area contributed by atoms with Crippen LogP contribution in [0.3, 0.4) is 0 Å². The van der Waals surface area contributed by atoms with Crippen LogP contribution in [-0.4, -0.2) is 29.1 Å². The summed E-state index contributed by atoms with van der Waals surface area (Å²) < 4.78 is 5.63. The first-order valence-electron chi connectivity index (χ1n) is 9.83. The largest absolute Gasteiger partial charge is 0.462 e. The number of hydrogen-bond acceptors (Lipinski definition) is 4. The monoisotopic (exact) mass is 360 g/mol. The van der Waals surface area contributed by atoms with Crippen LogP contribution in [0.1, 0.15) is 66.2 Å². The number of ketones is 1. The lowest BCUT2D eigenvalue weighted by Crippen LogP contribution is -2.54. The maximum Gasteiger partial charge on any atom is 0.302 e. The summed E-state index contributed by atoms with van der Waals surface area (Å²) in [5, 5.41) is 10.5. The summed E-state index contributed by atoms with van der Waals surface area (Å²) >= 11 is 0. The molecule has 0 saturated heterocycles. The molecule has 0 aromatic heterocycles. The molecule has 0 aromatic rings. The molecule has 0 unspecified atom stereocenters. The highest BCUT2D eigenvalue weighted by molar-refractivity contribution is 5.85. The zero-order valence-corrected chi connectivity index (χ0v) is 16.5. The van der Waals surface area contributed by atoms with Crippen LogP contribution in [0.15, 0.2) is 23.8 Å². The first-order chi connectivity index (χ1) is 12.1. The van der Waals surface area contributed by atoms with E-state index in [4.69, 9.17) is 4.74 Å². The predicted molar refractivity (Wildman–Crippen MR) is 100 cm³/mol. The number of esters is 1. The van der Waals surface area contributed by atoms with Crippen LogP contribution in [-0.2, 0) is 14.3 Å². The van der Waals surface area contributed by atoms with E-state index in [1.165, 1.54) is 6.92 Å². The molecule has 3 aliphatic carbocycles. The Morgan fingerprint density at radius 2 is 2.00 bits per heavy atom. The molecule has 26 heavy (non-hydrogen) atoms. The van der Waals surface area contributed by atoms with Gasteiger partial charge in [0.15, 0.2) is 0 Å². The zero-order chi connectivity index (χ0) is 19.3. The number of aliphatic hydroxyl groups excluding tert-OH is 1. The highest BCUT2D eigenvalue weighted by Gasteiger charge is 2.55. The van der Waals surface area contributed by atoms with Gasteiger partial charge >= 0.3 is 5.97 Å². The van der Waals surface area contributed by atoms with Gasteiger partial charge < -0.3 is 9.84 Å². The van der Waals surface area contributed by atoms with Crippen molar-refractivity contribution in [3.63, 3.8) is 0 Å². The van der Waals surface area contributed by atoms with Crippen LogP contribution in [0, 0.1) is 22.7 Å². The minimum absolute atomic E-state index is 0.0747. The zero-order valence-electron chi connectivity index (χ0n) is 16.5. The van der Waals surface area contributed by atoms with Gasteiger partial charge in [0.25, 0.3) is 0 Å². The molecule has 0 heterocycles. The Kier molecular flexibility index (Phi) is 4.93. The molecule has 2 saturated carbocycles. The van der Waals surface area contributed by atoms with Crippen LogP contribution in [0.4, 0.5) is 0 Å². The van der Waals surface area contributed by atoms with Gasteiger partial charge in [-0.2, -0.15) is 0 Å². The number of carbonyl (C=O) groups is 2. The molecular formula is C22H32O4. The number of Topliss-reactive ketones (excluding diaryl/α,β-unsaturated/α-hetero) is 1. The summed E-state index contributed by atoms with van der Waals surface area (Å²) in [4.78, 5) is 24.8. The van der Waals surface area contributed by atoms with Crippen LogP contribution >= 0.6 is 0 Å². The summed E-state index contributed by atoms with van der Waals surface area (Å²) in [6, 6.07) is 0. The fourth-order valence-electron chi connectivity index (χ4n) is 5.66. The van der Waals surface area contributed by atoms with Gasteiger partial charge in [-0.1, -0.05) is 33.4 Å². The summed E-state index contributed by atoms with van der Waals surface area (Å²) in [5.41, 5.74) is 1.18. The molecule has 0 spiro atoms. The van der Waals surface area contributed by atoms with E-state index in [0.29, 0.717) is 12.2 Å².